The van der Waals surface area contributed by atoms with Crippen molar-refractivity contribution < 1.29 is 13.2 Å². The van der Waals surface area contributed by atoms with Crippen LogP contribution < -0.4 is 4.31 Å². The van der Waals surface area contributed by atoms with Gasteiger partial charge in [-0.3, -0.25) is 9.10 Å². The molecule has 0 N–H and O–H groups in total. The van der Waals surface area contributed by atoms with Crippen LogP contribution in [0.25, 0.3) is 10.8 Å². The number of carbonyl (C=O) groups is 1. The summed E-state index contributed by atoms with van der Waals surface area (Å²) in [4.78, 5) is 12.3. The molecule has 0 saturated carbocycles. The summed E-state index contributed by atoms with van der Waals surface area (Å²) in [6.07, 6.45) is 1.24. The summed E-state index contributed by atoms with van der Waals surface area (Å²) in [5, 5.41) is 1.88. The zero-order chi connectivity index (χ0) is 18.3. The third kappa shape index (κ3) is 2.69. The molecule has 3 aromatic carbocycles. The second-order valence-electron chi connectivity index (χ2n) is 6.44. The van der Waals surface area contributed by atoms with Crippen LogP contribution in [0, 0.1) is 0 Å². The molecule has 0 radical (unpaired) electrons. The molecule has 0 amide bonds. The zero-order valence-corrected chi connectivity index (χ0v) is 15.3. The van der Waals surface area contributed by atoms with E-state index in [9.17, 15) is 13.2 Å². The maximum atomic E-state index is 13.2. The van der Waals surface area contributed by atoms with E-state index in [2.05, 4.69) is 0 Å². The molecule has 0 unspecified atom stereocenters. The van der Waals surface area contributed by atoms with Crippen LogP contribution in [0.15, 0.2) is 65.6 Å². The summed E-state index contributed by atoms with van der Waals surface area (Å²) in [5.41, 5.74) is 2.18. The molecule has 0 saturated heterocycles. The monoisotopic (exact) mass is 365 g/mol. The van der Waals surface area contributed by atoms with Crippen LogP contribution in [0.2, 0.25) is 0 Å². The van der Waals surface area contributed by atoms with Gasteiger partial charge in [0.2, 0.25) is 0 Å². The number of carbonyl (C=O) groups excluding carboxylic acids is 1. The lowest BCUT2D eigenvalue weighted by atomic mass is 10.1. The van der Waals surface area contributed by atoms with Crippen molar-refractivity contribution >= 4 is 32.3 Å². The lowest BCUT2D eigenvalue weighted by Crippen LogP contribution is -2.30. The largest absolute Gasteiger partial charge is 0.294 e. The standard InChI is InChI=1S/C21H19NO3S/c1-2-22(18-10-7-16-9-12-21(23)20(16)14-18)26(24,25)19-11-8-15-5-3-4-6-17(15)13-19/h3-8,10-11,13-14H,2,9,12H2,1H3. The number of rotatable bonds is 4. The smallest absolute Gasteiger partial charge is 0.264 e. The summed E-state index contributed by atoms with van der Waals surface area (Å²) in [6, 6.07) is 18.2. The average molecular weight is 365 g/mol. The molecule has 0 aromatic heterocycles. The minimum absolute atomic E-state index is 0.0843. The van der Waals surface area contributed by atoms with Gasteiger partial charge >= 0.3 is 0 Å². The topological polar surface area (TPSA) is 54.5 Å². The van der Waals surface area contributed by atoms with Crippen LogP contribution in [-0.2, 0) is 16.4 Å². The number of fused-ring (bicyclic) bond motifs is 2. The molecule has 1 aliphatic carbocycles. The van der Waals surface area contributed by atoms with Gasteiger partial charge in [0.05, 0.1) is 10.6 Å². The van der Waals surface area contributed by atoms with Gasteiger partial charge in [0, 0.05) is 18.5 Å². The Balaban J connectivity index is 1.79. The lowest BCUT2D eigenvalue weighted by Gasteiger charge is -2.23. The van der Waals surface area contributed by atoms with Crippen LogP contribution in [0.1, 0.15) is 29.3 Å². The molecular weight excluding hydrogens is 346 g/mol. The molecule has 4 nitrogen and oxygen atoms in total. The fourth-order valence-corrected chi connectivity index (χ4v) is 5.03. The molecule has 3 aromatic rings. The highest BCUT2D eigenvalue weighted by molar-refractivity contribution is 7.92. The predicted octanol–water partition coefficient (Wildman–Crippen LogP) is 4.18. The van der Waals surface area contributed by atoms with Crippen molar-refractivity contribution in [1.82, 2.24) is 0 Å². The molecule has 0 bridgehead atoms. The summed E-state index contributed by atoms with van der Waals surface area (Å²) in [7, 11) is -3.71. The molecule has 0 spiro atoms. The quantitative estimate of drug-likeness (QED) is 0.697. The Labute approximate surface area is 153 Å². The van der Waals surface area contributed by atoms with Crippen molar-refractivity contribution in [2.45, 2.75) is 24.7 Å². The normalized spacial score (nSPS) is 13.8. The van der Waals surface area contributed by atoms with Crippen molar-refractivity contribution in [2.24, 2.45) is 0 Å². The summed E-state index contributed by atoms with van der Waals surface area (Å²) in [5.74, 6) is 0.0843. The van der Waals surface area contributed by atoms with E-state index in [4.69, 9.17) is 0 Å². The van der Waals surface area contributed by atoms with Gasteiger partial charge in [0.25, 0.3) is 10.0 Å². The second kappa shape index (κ2) is 6.25. The molecule has 4 rings (SSSR count). The van der Waals surface area contributed by atoms with E-state index >= 15 is 0 Å². The van der Waals surface area contributed by atoms with E-state index in [-0.39, 0.29) is 10.7 Å². The van der Waals surface area contributed by atoms with Crippen LogP contribution in [-0.4, -0.2) is 20.7 Å². The molecule has 5 heteroatoms. The van der Waals surface area contributed by atoms with Gasteiger partial charge in [-0.05, 0) is 53.9 Å². The second-order valence-corrected chi connectivity index (χ2v) is 8.31. The van der Waals surface area contributed by atoms with Crippen molar-refractivity contribution in [1.29, 1.82) is 0 Å². The van der Waals surface area contributed by atoms with E-state index in [1.807, 2.05) is 36.4 Å². The molecule has 0 fully saturated rings. The SMILES string of the molecule is CCN(c1ccc2c(c1)C(=O)CC2)S(=O)(=O)c1ccc2ccccc2c1. The Morgan fingerprint density at radius 2 is 1.69 bits per heavy atom. The Hall–Kier alpha value is -2.66. The van der Waals surface area contributed by atoms with Gasteiger partial charge in [0.15, 0.2) is 5.78 Å². The molecule has 1 aliphatic rings. The highest BCUT2D eigenvalue weighted by Crippen LogP contribution is 2.30. The predicted molar refractivity (Wildman–Crippen MR) is 103 cm³/mol. The first-order valence-corrected chi connectivity index (χ1v) is 10.1. The highest BCUT2D eigenvalue weighted by Gasteiger charge is 2.26. The highest BCUT2D eigenvalue weighted by atomic mass is 32.2. The van der Waals surface area contributed by atoms with Gasteiger partial charge in [0.1, 0.15) is 0 Å². The van der Waals surface area contributed by atoms with Crippen molar-refractivity contribution in [3.05, 3.63) is 71.8 Å². The first-order chi connectivity index (χ1) is 12.5. The first kappa shape index (κ1) is 16.8. The Morgan fingerprint density at radius 3 is 2.46 bits per heavy atom. The number of benzene rings is 3. The lowest BCUT2D eigenvalue weighted by molar-refractivity contribution is 0.0994. The number of ketones is 1. The number of sulfonamides is 1. The summed E-state index contributed by atoms with van der Waals surface area (Å²) >= 11 is 0. The number of anilines is 1. The third-order valence-corrected chi connectivity index (χ3v) is 6.80. The summed E-state index contributed by atoms with van der Waals surface area (Å²) in [6.45, 7) is 2.09. The van der Waals surface area contributed by atoms with Crippen molar-refractivity contribution in [3.63, 3.8) is 0 Å². The minimum Gasteiger partial charge on any atom is -0.294 e. The van der Waals surface area contributed by atoms with Gasteiger partial charge in [-0.15, -0.1) is 0 Å². The van der Waals surface area contributed by atoms with Crippen LogP contribution in [0.3, 0.4) is 0 Å². The number of Topliss-reactive ketones (excluding diaryl/α,β-unsaturated/α-hetero) is 1. The van der Waals surface area contributed by atoms with E-state index in [0.29, 0.717) is 24.2 Å². The van der Waals surface area contributed by atoms with Crippen LogP contribution >= 0.6 is 0 Å². The van der Waals surface area contributed by atoms with Gasteiger partial charge in [-0.1, -0.05) is 36.4 Å². The minimum atomic E-state index is -3.71. The fourth-order valence-electron chi connectivity index (χ4n) is 3.53. The Bertz CT molecular complexity index is 1120. The first-order valence-electron chi connectivity index (χ1n) is 8.68. The van der Waals surface area contributed by atoms with Crippen LogP contribution in [0.4, 0.5) is 5.69 Å². The van der Waals surface area contributed by atoms with Crippen LogP contribution in [0.5, 0.6) is 0 Å². The van der Waals surface area contributed by atoms with Crippen molar-refractivity contribution in [3.8, 4) is 0 Å². The number of hydrogen-bond acceptors (Lipinski definition) is 3. The van der Waals surface area contributed by atoms with Gasteiger partial charge < -0.3 is 0 Å². The number of nitrogens with zero attached hydrogens (tertiary/aromatic N) is 1. The fraction of sp³-hybridized carbons (Fsp3) is 0.190. The third-order valence-electron chi connectivity index (χ3n) is 4.90. The maximum Gasteiger partial charge on any atom is 0.264 e. The Morgan fingerprint density at radius 1 is 0.923 bits per heavy atom. The molecule has 0 heterocycles. The molecule has 132 valence electrons. The molecule has 0 aliphatic heterocycles. The number of aryl methyl sites for hydroxylation is 1. The van der Waals surface area contributed by atoms with Crippen molar-refractivity contribution in [2.75, 3.05) is 10.8 Å². The van der Waals surface area contributed by atoms with Gasteiger partial charge in [-0.25, -0.2) is 8.42 Å². The number of hydrogen-bond donors (Lipinski definition) is 0. The van der Waals surface area contributed by atoms with E-state index < -0.39 is 10.0 Å². The average Bonchev–Trinajstić information content (AvgIpc) is 3.02. The Kier molecular flexibility index (Phi) is 4.04. The summed E-state index contributed by atoms with van der Waals surface area (Å²) < 4.78 is 27.8. The van der Waals surface area contributed by atoms with E-state index in [1.54, 1.807) is 31.2 Å². The molecular formula is C21H19NO3S. The van der Waals surface area contributed by atoms with E-state index in [1.165, 1.54) is 4.31 Å². The zero-order valence-electron chi connectivity index (χ0n) is 14.5. The maximum absolute atomic E-state index is 13.2. The van der Waals surface area contributed by atoms with Gasteiger partial charge in [-0.2, -0.15) is 0 Å². The van der Waals surface area contributed by atoms with E-state index in [0.717, 1.165) is 22.8 Å². The molecule has 0 atom stereocenters. The molecule has 26 heavy (non-hydrogen) atoms.